The van der Waals surface area contributed by atoms with Gasteiger partial charge in [-0.25, -0.2) is 9.59 Å². The van der Waals surface area contributed by atoms with Gasteiger partial charge in [0.1, 0.15) is 0 Å². The Hall–Kier alpha value is -1.83. The van der Waals surface area contributed by atoms with Gasteiger partial charge in [0.25, 0.3) is 0 Å². The third-order valence-corrected chi connectivity index (χ3v) is 1.66. The molecule has 0 aromatic heterocycles. The number of hydrogen-bond donors (Lipinski definition) is 4. The first-order valence-corrected chi connectivity index (χ1v) is 5.05. The van der Waals surface area contributed by atoms with Gasteiger partial charge < -0.3 is 25.6 Å². The van der Waals surface area contributed by atoms with Gasteiger partial charge in [0.2, 0.25) is 0 Å². The minimum atomic E-state index is -1.65. The number of aliphatic hydroxyl groups is 1. The molecule has 8 nitrogen and oxygen atoms in total. The van der Waals surface area contributed by atoms with Gasteiger partial charge in [-0.3, -0.25) is 4.79 Å². The standard InChI is InChI=1S/C9H16N2O6/c1-2-17-7(13)3-4-10-9(16)11-5-6(12)8(14)15/h6,12H,2-5H2,1H3,(H,14,15)(H2,10,11,16)/t6-/m0/s1. The summed E-state index contributed by atoms with van der Waals surface area (Å²) in [6, 6.07) is -0.658. The highest BCUT2D eigenvalue weighted by atomic mass is 16.5. The zero-order valence-electron chi connectivity index (χ0n) is 9.43. The summed E-state index contributed by atoms with van der Waals surface area (Å²) in [6.45, 7) is 1.62. The highest BCUT2D eigenvalue weighted by Gasteiger charge is 2.13. The number of urea groups is 1. The molecule has 0 bridgehead atoms. The number of aliphatic carboxylic acids is 1. The second-order valence-corrected chi connectivity index (χ2v) is 3.05. The largest absolute Gasteiger partial charge is 0.479 e. The fourth-order valence-corrected chi connectivity index (χ4v) is 0.850. The minimum Gasteiger partial charge on any atom is -0.479 e. The number of amides is 2. The summed E-state index contributed by atoms with van der Waals surface area (Å²) in [5.41, 5.74) is 0. The van der Waals surface area contributed by atoms with Crippen molar-refractivity contribution in [2.75, 3.05) is 19.7 Å². The molecular formula is C9H16N2O6. The van der Waals surface area contributed by atoms with E-state index in [4.69, 9.17) is 10.2 Å². The molecule has 0 unspecified atom stereocenters. The van der Waals surface area contributed by atoms with Crippen LogP contribution in [0.1, 0.15) is 13.3 Å². The van der Waals surface area contributed by atoms with Crippen molar-refractivity contribution in [3.05, 3.63) is 0 Å². The van der Waals surface area contributed by atoms with Crippen LogP contribution in [0.2, 0.25) is 0 Å². The average Bonchev–Trinajstić information content (AvgIpc) is 2.26. The van der Waals surface area contributed by atoms with Crippen molar-refractivity contribution in [1.82, 2.24) is 10.6 Å². The van der Waals surface area contributed by atoms with Crippen LogP contribution >= 0.6 is 0 Å². The van der Waals surface area contributed by atoms with Gasteiger partial charge in [-0.2, -0.15) is 0 Å². The molecule has 0 saturated carbocycles. The number of carbonyl (C=O) groups excluding carboxylic acids is 2. The second kappa shape index (κ2) is 8.34. The van der Waals surface area contributed by atoms with Gasteiger partial charge in [-0.1, -0.05) is 0 Å². The Balaban J connectivity index is 3.60. The van der Waals surface area contributed by atoms with Crippen LogP contribution < -0.4 is 10.6 Å². The molecule has 0 aromatic rings. The summed E-state index contributed by atoms with van der Waals surface area (Å²) in [6.07, 6.45) is -1.62. The molecule has 17 heavy (non-hydrogen) atoms. The van der Waals surface area contributed by atoms with Crippen molar-refractivity contribution in [1.29, 1.82) is 0 Å². The monoisotopic (exact) mass is 248 g/mol. The van der Waals surface area contributed by atoms with E-state index in [0.717, 1.165) is 0 Å². The summed E-state index contributed by atoms with van der Waals surface area (Å²) in [5.74, 6) is -1.85. The Labute approximate surface area is 97.9 Å². The highest BCUT2D eigenvalue weighted by molar-refractivity contribution is 5.77. The Morgan fingerprint density at radius 2 is 1.94 bits per heavy atom. The maximum absolute atomic E-state index is 11.0. The maximum Gasteiger partial charge on any atom is 0.334 e. The van der Waals surface area contributed by atoms with E-state index in [0.29, 0.717) is 0 Å². The van der Waals surface area contributed by atoms with E-state index < -0.39 is 30.6 Å². The molecule has 98 valence electrons. The fourth-order valence-electron chi connectivity index (χ4n) is 0.850. The summed E-state index contributed by atoms with van der Waals surface area (Å²) < 4.78 is 4.62. The van der Waals surface area contributed by atoms with Gasteiger partial charge in [0, 0.05) is 6.54 Å². The number of esters is 1. The first-order chi connectivity index (χ1) is 7.97. The van der Waals surface area contributed by atoms with E-state index in [-0.39, 0.29) is 19.6 Å². The molecule has 2 amide bonds. The summed E-state index contributed by atoms with van der Waals surface area (Å²) in [7, 11) is 0. The molecule has 4 N–H and O–H groups in total. The van der Waals surface area contributed by atoms with Gasteiger partial charge in [-0.05, 0) is 6.92 Å². The molecule has 0 aromatic carbocycles. The summed E-state index contributed by atoms with van der Waals surface area (Å²) in [4.78, 5) is 32.1. The predicted octanol–water partition coefficient (Wildman–Crippen LogP) is -1.32. The lowest BCUT2D eigenvalue weighted by atomic mass is 10.3. The molecule has 0 aliphatic carbocycles. The number of hydrogen-bond acceptors (Lipinski definition) is 5. The van der Waals surface area contributed by atoms with E-state index in [1.54, 1.807) is 6.92 Å². The number of carbonyl (C=O) groups is 3. The molecule has 0 fully saturated rings. The first-order valence-electron chi connectivity index (χ1n) is 5.05. The molecule has 0 aliphatic heterocycles. The van der Waals surface area contributed by atoms with Crippen LogP contribution in [0.4, 0.5) is 4.79 Å². The minimum absolute atomic E-state index is 0.0305. The number of nitrogens with one attached hydrogen (secondary N) is 2. The maximum atomic E-state index is 11.0. The van der Waals surface area contributed by atoms with Crippen LogP contribution in [-0.2, 0) is 14.3 Å². The summed E-state index contributed by atoms with van der Waals surface area (Å²) >= 11 is 0. The molecule has 0 saturated heterocycles. The molecule has 0 radical (unpaired) electrons. The van der Waals surface area contributed by atoms with Crippen molar-refractivity contribution >= 4 is 18.0 Å². The Morgan fingerprint density at radius 1 is 1.29 bits per heavy atom. The molecule has 1 atom stereocenters. The number of ether oxygens (including phenoxy) is 1. The van der Waals surface area contributed by atoms with Crippen LogP contribution in [-0.4, -0.2) is 54.0 Å². The third kappa shape index (κ3) is 8.03. The molecule has 0 aliphatic rings. The smallest absolute Gasteiger partial charge is 0.334 e. The SMILES string of the molecule is CCOC(=O)CCNC(=O)NC[C@H](O)C(=O)O. The van der Waals surface area contributed by atoms with Gasteiger partial charge in [-0.15, -0.1) is 0 Å². The van der Waals surface area contributed by atoms with Crippen molar-refractivity contribution in [3.63, 3.8) is 0 Å². The van der Waals surface area contributed by atoms with Gasteiger partial charge >= 0.3 is 18.0 Å². The highest BCUT2D eigenvalue weighted by Crippen LogP contribution is 1.84. The van der Waals surface area contributed by atoms with Crippen LogP contribution in [0.5, 0.6) is 0 Å². The Kier molecular flexibility index (Phi) is 7.44. The van der Waals surface area contributed by atoms with Crippen molar-refractivity contribution in [3.8, 4) is 0 Å². The van der Waals surface area contributed by atoms with Crippen LogP contribution in [0, 0.1) is 0 Å². The molecule has 8 heteroatoms. The third-order valence-electron chi connectivity index (χ3n) is 1.66. The fraction of sp³-hybridized carbons (Fsp3) is 0.667. The normalized spacial score (nSPS) is 11.4. The zero-order chi connectivity index (χ0) is 13.3. The Bertz CT molecular complexity index is 281. The molecule has 0 heterocycles. The van der Waals surface area contributed by atoms with Crippen molar-refractivity contribution < 1.29 is 29.3 Å². The van der Waals surface area contributed by atoms with Crippen LogP contribution in [0.3, 0.4) is 0 Å². The van der Waals surface area contributed by atoms with E-state index in [2.05, 4.69) is 15.4 Å². The van der Waals surface area contributed by atoms with Crippen molar-refractivity contribution in [2.24, 2.45) is 0 Å². The summed E-state index contributed by atoms with van der Waals surface area (Å²) in [5, 5.41) is 21.6. The topological polar surface area (TPSA) is 125 Å². The number of carboxylic acids is 1. The lowest BCUT2D eigenvalue weighted by molar-refractivity contribution is -0.146. The number of rotatable bonds is 7. The van der Waals surface area contributed by atoms with E-state index >= 15 is 0 Å². The average molecular weight is 248 g/mol. The van der Waals surface area contributed by atoms with Gasteiger partial charge in [0.05, 0.1) is 19.6 Å². The van der Waals surface area contributed by atoms with Crippen LogP contribution in [0.15, 0.2) is 0 Å². The zero-order valence-corrected chi connectivity index (χ0v) is 9.43. The molecule has 0 rings (SSSR count). The lowest BCUT2D eigenvalue weighted by Crippen LogP contribution is -2.42. The number of aliphatic hydroxyl groups excluding tert-OH is 1. The lowest BCUT2D eigenvalue weighted by Gasteiger charge is -2.09. The van der Waals surface area contributed by atoms with E-state index in [1.807, 2.05) is 0 Å². The predicted molar refractivity (Wildman–Crippen MR) is 56.3 cm³/mol. The quantitative estimate of drug-likeness (QED) is 0.414. The number of carboxylic acid groups (broad SMARTS) is 1. The van der Waals surface area contributed by atoms with E-state index in [9.17, 15) is 14.4 Å². The van der Waals surface area contributed by atoms with E-state index in [1.165, 1.54) is 0 Å². The van der Waals surface area contributed by atoms with Crippen molar-refractivity contribution in [2.45, 2.75) is 19.4 Å². The second-order valence-electron chi connectivity index (χ2n) is 3.05. The first kappa shape index (κ1) is 15.2. The van der Waals surface area contributed by atoms with Gasteiger partial charge in [0.15, 0.2) is 6.10 Å². The molecular weight excluding hydrogens is 232 g/mol. The Morgan fingerprint density at radius 3 is 2.47 bits per heavy atom. The molecule has 0 spiro atoms. The van der Waals surface area contributed by atoms with Crippen LogP contribution in [0.25, 0.3) is 0 Å².